The average molecular weight is 255 g/mol. The van der Waals surface area contributed by atoms with Crippen molar-refractivity contribution in [3.8, 4) is 0 Å². The first kappa shape index (κ1) is 12.4. The number of rotatable bonds is 3. The number of imidazole rings is 1. The monoisotopic (exact) mass is 255 g/mol. The Bertz CT molecular complexity index is 554. The van der Waals surface area contributed by atoms with Crippen LogP contribution in [-0.4, -0.2) is 16.1 Å². The molecule has 2 aromatic rings. The summed E-state index contributed by atoms with van der Waals surface area (Å²) in [6, 6.07) is 8.95. The van der Waals surface area contributed by atoms with Gasteiger partial charge in [0, 0.05) is 30.8 Å². The first-order valence-corrected chi connectivity index (χ1v) is 7.08. The molecule has 100 valence electrons. The van der Waals surface area contributed by atoms with Gasteiger partial charge in [-0.05, 0) is 31.9 Å². The van der Waals surface area contributed by atoms with Crippen molar-refractivity contribution in [1.29, 1.82) is 0 Å². The van der Waals surface area contributed by atoms with E-state index in [1.807, 2.05) is 6.20 Å². The molecule has 0 spiro atoms. The first-order valence-electron chi connectivity index (χ1n) is 7.08. The summed E-state index contributed by atoms with van der Waals surface area (Å²) in [5, 5.41) is 0. The van der Waals surface area contributed by atoms with E-state index < -0.39 is 0 Å². The summed E-state index contributed by atoms with van der Waals surface area (Å²) in [6.45, 7) is 3.86. The number of aryl methyl sites for hydroxylation is 2. The van der Waals surface area contributed by atoms with Gasteiger partial charge in [-0.2, -0.15) is 0 Å². The standard InChI is InChI=1S/C16H21N3/c1-12-2-4-13(5-3-12)14-6-7-15-10-18-16(8-9-17)19(15)11-14/h2-5,10,14H,6-9,11,17H2,1H3. The molecule has 2 N–H and O–H groups in total. The number of aromatic nitrogens is 2. The van der Waals surface area contributed by atoms with Crippen LogP contribution in [0.25, 0.3) is 0 Å². The van der Waals surface area contributed by atoms with E-state index in [1.165, 1.54) is 23.2 Å². The molecular formula is C16H21N3. The summed E-state index contributed by atoms with van der Waals surface area (Å²) in [7, 11) is 0. The molecule has 0 fully saturated rings. The minimum Gasteiger partial charge on any atom is -0.331 e. The quantitative estimate of drug-likeness (QED) is 0.915. The Hall–Kier alpha value is -1.61. The van der Waals surface area contributed by atoms with Crippen molar-refractivity contribution in [2.75, 3.05) is 6.54 Å². The van der Waals surface area contributed by atoms with E-state index >= 15 is 0 Å². The van der Waals surface area contributed by atoms with Gasteiger partial charge in [0.25, 0.3) is 0 Å². The molecule has 1 aromatic heterocycles. The molecule has 1 aliphatic heterocycles. The van der Waals surface area contributed by atoms with Crippen molar-refractivity contribution < 1.29 is 0 Å². The molecule has 3 heteroatoms. The number of hydrogen-bond acceptors (Lipinski definition) is 2. The lowest BCUT2D eigenvalue weighted by Gasteiger charge is -2.26. The van der Waals surface area contributed by atoms with Crippen LogP contribution in [0, 0.1) is 6.92 Å². The Morgan fingerprint density at radius 3 is 2.84 bits per heavy atom. The van der Waals surface area contributed by atoms with Gasteiger partial charge in [0.2, 0.25) is 0 Å². The van der Waals surface area contributed by atoms with Gasteiger partial charge in [0.15, 0.2) is 0 Å². The van der Waals surface area contributed by atoms with Gasteiger partial charge in [-0.15, -0.1) is 0 Å². The van der Waals surface area contributed by atoms with E-state index in [0.717, 1.165) is 25.2 Å². The molecule has 0 radical (unpaired) electrons. The molecule has 0 saturated heterocycles. The van der Waals surface area contributed by atoms with Crippen LogP contribution in [0.15, 0.2) is 30.5 Å². The third-order valence-corrected chi connectivity index (χ3v) is 4.09. The molecule has 0 saturated carbocycles. The van der Waals surface area contributed by atoms with Gasteiger partial charge in [-0.3, -0.25) is 0 Å². The maximum Gasteiger partial charge on any atom is 0.110 e. The van der Waals surface area contributed by atoms with E-state index in [4.69, 9.17) is 5.73 Å². The van der Waals surface area contributed by atoms with Crippen LogP contribution in [-0.2, 0) is 19.4 Å². The SMILES string of the molecule is Cc1ccc(C2CCc3cnc(CCN)n3C2)cc1. The number of fused-ring (bicyclic) bond motifs is 1. The smallest absolute Gasteiger partial charge is 0.110 e. The highest BCUT2D eigenvalue weighted by Crippen LogP contribution is 2.29. The predicted molar refractivity (Wildman–Crippen MR) is 77.2 cm³/mol. The van der Waals surface area contributed by atoms with Crippen LogP contribution in [0.5, 0.6) is 0 Å². The fourth-order valence-electron chi connectivity index (χ4n) is 2.95. The normalized spacial score (nSPS) is 18.3. The third kappa shape index (κ3) is 2.43. The molecular weight excluding hydrogens is 234 g/mol. The average Bonchev–Trinajstić information content (AvgIpc) is 2.83. The molecule has 19 heavy (non-hydrogen) atoms. The molecule has 0 aliphatic carbocycles. The van der Waals surface area contributed by atoms with Crippen molar-refractivity contribution >= 4 is 0 Å². The molecule has 1 aliphatic rings. The Kier molecular flexibility index (Phi) is 3.38. The number of nitrogens with zero attached hydrogens (tertiary/aromatic N) is 2. The maximum atomic E-state index is 5.66. The number of hydrogen-bond donors (Lipinski definition) is 1. The minimum absolute atomic E-state index is 0.610. The lowest BCUT2D eigenvalue weighted by Crippen LogP contribution is -2.21. The molecule has 0 amide bonds. The second-order valence-electron chi connectivity index (χ2n) is 5.46. The first-order chi connectivity index (χ1) is 9.28. The van der Waals surface area contributed by atoms with Crippen LogP contribution in [0.3, 0.4) is 0 Å². The van der Waals surface area contributed by atoms with Crippen molar-refractivity contribution in [2.45, 2.75) is 38.6 Å². The highest BCUT2D eigenvalue weighted by Gasteiger charge is 2.22. The van der Waals surface area contributed by atoms with E-state index in [1.54, 1.807) is 0 Å². The van der Waals surface area contributed by atoms with Gasteiger partial charge >= 0.3 is 0 Å². The molecule has 1 aromatic carbocycles. The number of nitrogens with two attached hydrogens (primary N) is 1. The van der Waals surface area contributed by atoms with Crippen LogP contribution in [0.1, 0.15) is 35.0 Å². The fourth-order valence-corrected chi connectivity index (χ4v) is 2.95. The zero-order valence-electron chi connectivity index (χ0n) is 11.5. The molecule has 0 bridgehead atoms. The Morgan fingerprint density at radius 1 is 1.32 bits per heavy atom. The summed E-state index contributed by atoms with van der Waals surface area (Å²) >= 11 is 0. The zero-order valence-corrected chi connectivity index (χ0v) is 11.5. The van der Waals surface area contributed by atoms with Crippen LogP contribution >= 0.6 is 0 Å². The summed E-state index contributed by atoms with van der Waals surface area (Å²) in [5.74, 6) is 1.76. The highest BCUT2D eigenvalue weighted by molar-refractivity contribution is 5.26. The summed E-state index contributed by atoms with van der Waals surface area (Å²) in [5.41, 5.74) is 9.80. The molecule has 1 atom stereocenters. The van der Waals surface area contributed by atoms with Crippen molar-refractivity contribution in [2.24, 2.45) is 5.73 Å². The number of benzene rings is 1. The third-order valence-electron chi connectivity index (χ3n) is 4.09. The van der Waals surface area contributed by atoms with E-state index in [9.17, 15) is 0 Å². The lowest BCUT2D eigenvalue weighted by molar-refractivity contribution is 0.451. The fraction of sp³-hybridized carbons (Fsp3) is 0.438. The van der Waals surface area contributed by atoms with Gasteiger partial charge in [0.05, 0.1) is 0 Å². The Labute approximate surface area is 114 Å². The predicted octanol–water partition coefficient (Wildman–Crippen LogP) is 2.42. The van der Waals surface area contributed by atoms with Gasteiger partial charge in [-0.25, -0.2) is 4.98 Å². The van der Waals surface area contributed by atoms with Crippen molar-refractivity contribution in [1.82, 2.24) is 9.55 Å². The topological polar surface area (TPSA) is 43.8 Å². The molecule has 3 nitrogen and oxygen atoms in total. The van der Waals surface area contributed by atoms with Crippen LogP contribution in [0.4, 0.5) is 0 Å². The Balaban J connectivity index is 1.84. The van der Waals surface area contributed by atoms with E-state index in [-0.39, 0.29) is 0 Å². The van der Waals surface area contributed by atoms with Gasteiger partial charge < -0.3 is 10.3 Å². The molecule has 3 rings (SSSR count). The molecule has 2 heterocycles. The largest absolute Gasteiger partial charge is 0.331 e. The van der Waals surface area contributed by atoms with Gasteiger partial charge in [-0.1, -0.05) is 29.8 Å². The molecule has 1 unspecified atom stereocenters. The van der Waals surface area contributed by atoms with Crippen LogP contribution < -0.4 is 5.73 Å². The Morgan fingerprint density at radius 2 is 2.11 bits per heavy atom. The minimum atomic E-state index is 0.610. The maximum absolute atomic E-state index is 5.66. The highest BCUT2D eigenvalue weighted by atomic mass is 15.1. The van der Waals surface area contributed by atoms with Crippen LogP contribution in [0.2, 0.25) is 0 Å². The van der Waals surface area contributed by atoms with Crippen molar-refractivity contribution in [3.63, 3.8) is 0 Å². The van der Waals surface area contributed by atoms with Crippen molar-refractivity contribution in [3.05, 3.63) is 53.1 Å². The van der Waals surface area contributed by atoms with E-state index in [2.05, 4.69) is 40.7 Å². The second-order valence-corrected chi connectivity index (χ2v) is 5.46. The lowest BCUT2D eigenvalue weighted by atomic mass is 9.90. The summed E-state index contributed by atoms with van der Waals surface area (Å²) in [6.07, 6.45) is 5.24. The zero-order chi connectivity index (χ0) is 13.2. The summed E-state index contributed by atoms with van der Waals surface area (Å²) in [4.78, 5) is 4.51. The van der Waals surface area contributed by atoms with Gasteiger partial charge in [0.1, 0.15) is 5.82 Å². The summed E-state index contributed by atoms with van der Waals surface area (Å²) < 4.78 is 2.38. The second kappa shape index (κ2) is 5.17. The van der Waals surface area contributed by atoms with E-state index in [0.29, 0.717) is 12.5 Å².